The molecule has 3 nitrogen and oxygen atoms in total. The lowest BCUT2D eigenvalue weighted by atomic mass is 9.89. The van der Waals surface area contributed by atoms with Crippen LogP contribution in [0.15, 0.2) is 24.3 Å². The molecule has 0 amide bonds. The van der Waals surface area contributed by atoms with Gasteiger partial charge in [0.05, 0.1) is 0 Å². The molecule has 0 fully saturated rings. The van der Waals surface area contributed by atoms with Crippen LogP contribution in [0.2, 0.25) is 0 Å². The summed E-state index contributed by atoms with van der Waals surface area (Å²) >= 11 is 0. The van der Waals surface area contributed by atoms with Gasteiger partial charge in [0.15, 0.2) is 0 Å². The maximum absolute atomic E-state index is 11.6. The van der Waals surface area contributed by atoms with Crippen LogP contribution < -0.4 is 0 Å². The average Bonchev–Trinajstić information content (AvgIpc) is 2.36. The molecule has 1 aromatic carbocycles. The van der Waals surface area contributed by atoms with E-state index in [0.717, 1.165) is 18.5 Å². The number of fused-ring (bicyclic) bond motifs is 1. The minimum absolute atomic E-state index is 0.277. The van der Waals surface area contributed by atoms with Crippen molar-refractivity contribution in [3.8, 4) is 0 Å². The number of carboxylic acids is 1. The van der Waals surface area contributed by atoms with Crippen LogP contribution in [0.4, 0.5) is 0 Å². The number of benzene rings is 1. The average molecular weight is 247 g/mol. The molecule has 0 bridgehead atoms. The molecule has 1 heterocycles. The Balaban J connectivity index is 2.39. The number of carboxylic acid groups (broad SMARTS) is 1. The summed E-state index contributed by atoms with van der Waals surface area (Å²) in [5.74, 6) is -0.285. The van der Waals surface area contributed by atoms with Crippen LogP contribution in [-0.4, -0.2) is 28.6 Å². The van der Waals surface area contributed by atoms with Crippen LogP contribution in [0.3, 0.4) is 0 Å². The second kappa shape index (κ2) is 5.11. The molecule has 0 radical (unpaired) electrons. The first-order valence-electron chi connectivity index (χ1n) is 6.58. The minimum Gasteiger partial charge on any atom is -0.480 e. The number of carbonyl (C=O) groups is 1. The zero-order chi connectivity index (χ0) is 13.3. The summed E-state index contributed by atoms with van der Waals surface area (Å²) in [6, 6.07) is 7.69. The summed E-state index contributed by atoms with van der Waals surface area (Å²) in [6.07, 6.45) is 0.941. The Morgan fingerprint density at radius 2 is 2.00 bits per heavy atom. The third-order valence-corrected chi connectivity index (χ3v) is 4.04. The molecule has 1 aliphatic heterocycles. The first-order valence-corrected chi connectivity index (χ1v) is 6.58. The Bertz CT molecular complexity index is 442. The molecule has 0 saturated carbocycles. The molecular weight excluding hydrogens is 226 g/mol. The fourth-order valence-corrected chi connectivity index (χ4v) is 2.68. The van der Waals surface area contributed by atoms with Gasteiger partial charge in [0.2, 0.25) is 0 Å². The molecule has 2 atom stereocenters. The van der Waals surface area contributed by atoms with Gasteiger partial charge in [-0.2, -0.15) is 0 Å². The van der Waals surface area contributed by atoms with Crippen molar-refractivity contribution in [2.75, 3.05) is 6.54 Å². The molecule has 2 rings (SSSR count). The van der Waals surface area contributed by atoms with E-state index in [-0.39, 0.29) is 6.04 Å². The Hall–Kier alpha value is -1.35. The van der Waals surface area contributed by atoms with Crippen molar-refractivity contribution in [3.63, 3.8) is 0 Å². The number of aliphatic carboxylic acids is 1. The van der Waals surface area contributed by atoms with Gasteiger partial charge in [-0.15, -0.1) is 0 Å². The van der Waals surface area contributed by atoms with Gasteiger partial charge in [-0.25, -0.2) is 0 Å². The number of rotatable bonds is 3. The molecule has 0 aliphatic carbocycles. The largest absolute Gasteiger partial charge is 0.480 e. The predicted octanol–water partition coefficient (Wildman–Crippen LogP) is 2.71. The zero-order valence-corrected chi connectivity index (χ0v) is 11.3. The summed E-state index contributed by atoms with van der Waals surface area (Å²) in [5.41, 5.74) is 2.14. The number of hydrogen-bond acceptors (Lipinski definition) is 2. The van der Waals surface area contributed by atoms with Crippen LogP contribution in [0.1, 0.15) is 37.9 Å². The van der Waals surface area contributed by atoms with E-state index in [1.807, 2.05) is 24.3 Å². The van der Waals surface area contributed by atoms with Crippen LogP contribution in [0.25, 0.3) is 0 Å². The lowest BCUT2D eigenvalue weighted by Gasteiger charge is -2.40. The van der Waals surface area contributed by atoms with Crippen molar-refractivity contribution in [2.24, 2.45) is 5.92 Å². The van der Waals surface area contributed by atoms with Crippen molar-refractivity contribution >= 4 is 5.97 Å². The van der Waals surface area contributed by atoms with E-state index in [2.05, 4.69) is 25.7 Å². The van der Waals surface area contributed by atoms with Crippen LogP contribution in [-0.2, 0) is 11.2 Å². The molecule has 2 unspecified atom stereocenters. The molecule has 1 aliphatic rings. The Labute approximate surface area is 108 Å². The third kappa shape index (κ3) is 2.27. The van der Waals surface area contributed by atoms with Crippen molar-refractivity contribution in [1.82, 2.24) is 4.90 Å². The fourth-order valence-electron chi connectivity index (χ4n) is 2.68. The quantitative estimate of drug-likeness (QED) is 0.892. The minimum atomic E-state index is -0.741. The van der Waals surface area contributed by atoms with Gasteiger partial charge in [0.1, 0.15) is 6.04 Å². The van der Waals surface area contributed by atoms with E-state index in [9.17, 15) is 9.90 Å². The van der Waals surface area contributed by atoms with Crippen LogP contribution in [0.5, 0.6) is 0 Å². The summed E-state index contributed by atoms with van der Waals surface area (Å²) in [5, 5.41) is 9.54. The van der Waals surface area contributed by atoms with E-state index in [4.69, 9.17) is 0 Å². The maximum atomic E-state index is 11.6. The van der Waals surface area contributed by atoms with E-state index in [1.54, 1.807) is 0 Å². The van der Waals surface area contributed by atoms with Crippen molar-refractivity contribution in [3.05, 3.63) is 35.4 Å². The zero-order valence-electron chi connectivity index (χ0n) is 11.3. The summed E-state index contributed by atoms with van der Waals surface area (Å²) in [7, 11) is 0. The van der Waals surface area contributed by atoms with E-state index in [1.165, 1.54) is 5.56 Å². The Morgan fingerprint density at radius 3 is 2.61 bits per heavy atom. The first kappa shape index (κ1) is 13.1. The van der Waals surface area contributed by atoms with E-state index in [0.29, 0.717) is 5.92 Å². The molecule has 3 heteroatoms. The normalized spacial score (nSPS) is 21.7. The monoisotopic (exact) mass is 247 g/mol. The second-order valence-electron chi connectivity index (χ2n) is 5.41. The first-order chi connectivity index (χ1) is 8.52. The molecule has 0 spiro atoms. The van der Waals surface area contributed by atoms with Crippen molar-refractivity contribution < 1.29 is 9.90 Å². The molecule has 1 N–H and O–H groups in total. The maximum Gasteiger partial charge on any atom is 0.325 e. The van der Waals surface area contributed by atoms with Gasteiger partial charge in [-0.05, 0) is 30.4 Å². The standard InChI is InChI=1S/C15H21NO2/c1-10(2)11(3)16-9-8-12-6-4-5-7-13(12)14(16)15(17)18/h4-7,10-11,14H,8-9H2,1-3H3,(H,17,18). The van der Waals surface area contributed by atoms with E-state index >= 15 is 0 Å². The molecule has 0 saturated heterocycles. The van der Waals surface area contributed by atoms with Gasteiger partial charge in [0, 0.05) is 12.6 Å². The van der Waals surface area contributed by atoms with Gasteiger partial charge in [-0.3, -0.25) is 9.69 Å². The summed E-state index contributed by atoms with van der Waals surface area (Å²) in [6.45, 7) is 7.23. The highest BCUT2D eigenvalue weighted by Gasteiger charge is 2.35. The second-order valence-corrected chi connectivity index (χ2v) is 5.41. The highest BCUT2D eigenvalue weighted by molar-refractivity contribution is 5.76. The van der Waals surface area contributed by atoms with Crippen molar-refractivity contribution in [2.45, 2.75) is 39.3 Å². The SMILES string of the molecule is CC(C)C(C)N1CCc2ccccc2C1C(=O)O. The predicted molar refractivity (Wildman–Crippen MR) is 71.5 cm³/mol. The topological polar surface area (TPSA) is 40.5 Å². The fraction of sp³-hybridized carbons (Fsp3) is 0.533. The van der Waals surface area contributed by atoms with Gasteiger partial charge in [0.25, 0.3) is 0 Å². The highest BCUT2D eigenvalue weighted by Crippen LogP contribution is 2.32. The van der Waals surface area contributed by atoms with Gasteiger partial charge >= 0.3 is 5.97 Å². The third-order valence-electron chi connectivity index (χ3n) is 4.04. The number of nitrogens with zero attached hydrogens (tertiary/aromatic N) is 1. The smallest absolute Gasteiger partial charge is 0.325 e. The van der Waals surface area contributed by atoms with Gasteiger partial charge < -0.3 is 5.11 Å². The van der Waals surface area contributed by atoms with Crippen LogP contribution >= 0.6 is 0 Å². The molecule has 18 heavy (non-hydrogen) atoms. The van der Waals surface area contributed by atoms with E-state index < -0.39 is 12.0 Å². The molecule has 98 valence electrons. The highest BCUT2D eigenvalue weighted by atomic mass is 16.4. The molecule has 1 aromatic rings. The number of hydrogen-bond donors (Lipinski definition) is 1. The molecule has 0 aromatic heterocycles. The Kier molecular flexibility index (Phi) is 3.71. The lowest BCUT2D eigenvalue weighted by Crippen LogP contribution is -2.46. The Morgan fingerprint density at radius 1 is 1.33 bits per heavy atom. The van der Waals surface area contributed by atoms with Crippen molar-refractivity contribution in [1.29, 1.82) is 0 Å². The summed E-state index contributed by atoms with van der Waals surface area (Å²) in [4.78, 5) is 13.7. The lowest BCUT2D eigenvalue weighted by molar-refractivity contribution is -0.145. The summed E-state index contributed by atoms with van der Waals surface area (Å²) < 4.78 is 0. The van der Waals surface area contributed by atoms with Gasteiger partial charge in [-0.1, -0.05) is 38.1 Å². The van der Waals surface area contributed by atoms with Crippen LogP contribution in [0, 0.1) is 5.92 Å². The molecular formula is C15H21NO2.